The summed E-state index contributed by atoms with van der Waals surface area (Å²) >= 11 is 0. The van der Waals surface area contributed by atoms with Gasteiger partial charge >= 0.3 is 0 Å². The summed E-state index contributed by atoms with van der Waals surface area (Å²) in [5.74, 6) is 0.848. The summed E-state index contributed by atoms with van der Waals surface area (Å²) < 4.78 is 10.7. The summed E-state index contributed by atoms with van der Waals surface area (Å²) in [6.45, 7) is 4.56. The van der Waals surface area contributed by atoms with Gasteiger partial charge in [0.05, 0.1) is 18.4 Å². The van der Waals surface area contributed by atoms with Gasteiger partial charge in [-0.05, 0) is 6.92 Å². The van der Waals surface area contributed by atoms with Crippen LogP contribution in [0.2, 0.25) is 0 Å². The predicted octanol–water partition coefficient (Wildman–Crippen LogP) is 0.0901. The Kier molecular flexibility index (Phi) is 2.85. The van der Waals surface area contributed by atoms with Gasteiger partial charge in [0.15, 0.2) is 0 Å². The normalized spacial score (nSPS) is 20.6. The molecule has 3 rings (SSSR count). The predicted molar refractivity (Wildman–Crippen MR) is 65.3 cm³/mol. The van der Waals surface area contributed by atoms with E-state index in [1.165, 1.54) is 6.33 Å². The van der Waals surface area contributed by atoms with Crippen molar-refractivity contribution < 1.29 is 9.26 Å². The molecule has 0 radical (unpaired) electrons. The van der Waals surface area contributed by atoms with E-state index in [9.17, 15) is 0 Å². The molecule has 7 nitrogen and oxygen atoms in total. The molecule has 0 bridgehead atoms. The monoisotopic (exact) mass is 249 g/mol. The fourth-order valence-corrected chi connectivity index (χ4v) is 2.20. The number of ether oxygens (including phenoxy) is 1. The molecule has 0 aliphatic carbocycles. The smallest absolute Gasteiger partial charge is 0.263 e. The maximum Gasteiger partial charge on any atom is 0.263 e. The zero-order chi connectivity index (χ0) is 12.5. The number of morpholine rings is 1. The van der Waals surface area contributed by atoms with E-state index in [-0.39, 0.29) is 6.10 Å². The lowest BCUT2D eigenvalue weighted by atomic mass is 10.2. The van der Waals surface area contributed by atoms with E-state index in [0.717, 1.165) is 30.0 Å². The third kappa shape index (κ3) is 1.81. The minimum absolute atomic E-state index is 0.0453. The zero-order valence-electron chi connectivity index (χ0n) is 10.2. The van der Waals surface area contributed by atoms with E-state index in [2.05, 4.69) is 20.0 Å². The van der Waals surface area contributed by atoms with Crippen LogP contribution in [0.15, 0.2) is 10.9 Å². The summed E-state index contributed by atoms with van der Waals surface area (Å²) in [5, 5.41) is 4.80. The molecule has 1 aliphatic heterocycles. The second-order valence-corrected chi connectivity index (χ2v) is 4.32. The Morgan fingerprint density at radius 2 is 2.39 bits per heavy atom. The van der Waals surface area contributed by atoms with Gasteiger partial charge in [0, 0.05) is 19.6 Å². The maximum absolute atomic E-state index is 5.65. The number of nitrogens with two attached hydrogens (primary N) is 1. The summed E-state index contributed by atoms with van der Waals surface area (Å²) in [6, 6.07) is 0. The number of nitrogens with zero attached hydrogens (tertiary/aromatic N) is 4. The Morgan fingerprint density at radius 3 is 3.22 bits per heavy atom. The zero-order valence-corrected chi connectivity index (χ0v) is 10.2. The van der Waals surface area contributed by atoms with E-state index in [1.807, 2.05) is 6.92 Å². The molecule has 2 aromatic heterocycles. The molecule has 1 unspecified atom stereocenters. The molecule has 0 spiro atoms. The molecule has 18 heavy (non-hydrogen) atoms. The Hall–Kier alpha value is -1.73. The molecular weight excluding hydrogens is 234 g/mol. The molecule has 1 saturated heterocycles. The highest BCUT2D eigenvalue weighted by atomic mass is 16.5. The summed E-state index contributed by atoms with van der Waals surface area (Å²) in [6.07, 6.45) is 1.54. The van der Waals surface area contributed by atoms with Gasteiger partial charge in [-0.2, -0.15) is 4.98 Å². The van der Waals surface area contributed by atoms with Gasteiger partial charge in [-0.1, -0.05) is 5.16 Å². The average Bonchev–Trinajstić information content (AvgIpc) is 2.81. The second-order valence-electron chi connectivity index (χ2n) is 4.32. The molecule has 3 heterocycles. The maximum atomic E-state index is 5.65. The van der Waals surface area contributed by atoms with Crippen molar-refractivity contribution in [3.63, 3.8) is 0 Å². The van der Waals surface area contributed by atoms with Crippen molar-refractivity contribution in [3.05, 3.63) is 12.0 Å². The molecule has 1 aliphatic rings. The first-order chi connectivity index (χ1) is 8.79. The first-order valence-electron chi connectivity index (χ1n) is 5.93. The molecule has 0 saturated carbocycles. The van der Waals surface area contributed by atoms with Crippen LogP contribution in [0.25, 0.3) is 11.1 Å². The Labute approximate surface area is 104 Å². The van der Waals surface area contributed by atoms with Gasteiger partial charge in [0.2, 0.25) is 0 Å². The number of hydrogen-bond acceptors (Lipinski definition) is 7. The lowest BCUT2D eigenvalue weighted by Gasteiger charge is -2.33. The number of aryl methyl sites for hydroxylation is 1. The first-order valence-corrected chi connectivity index (χ1v) is 5.93. The number of rotatable bonds is 2. The van der Waals surface area contributed by atoms with Crippen molar-refractivity contribution in [1.82, 2.24) is 15.1 Å². The van der Waals surface area contributed by atoms with Crippen molar-refractivity contribution in [2.24, 2.45) is 5.73 Å². The van der Waals surface area contributed by atoms with Gasteiger partial charge in [-0.15, -0.1) is 0 Å². The van der Waals surface area contributed by atoms with Gasteiger partial charge in [0.1, 0.15) is 17.5 Å². The molecule has 2 aromatic rings. The number of anilines is 1. The van der Waals surface area contributed by atoms with E-state index in [4.69, 9.17) is 15.0 Å². The van der Waals surface area contributed by atoms with Crippen LogP contribution in [-0.2, 0) is 4.74 Å². The van der Waals surface area contributed by atoms with Crippen molar-refractivity contribution in [3.8, 4) is 0 Å². The molecule has 96 valence electrons. The minimum Gasteiger partial charge on any atom is -0.373 e. The third-order valence-electron chi connectivity index (χ3n) is 3.12. The Bertz CT molecular complexity index is 555. The van der Waals surface area contributed by atoms with E-state index in [0.29, 0.717) is 18.9 Å². The molecule has 1 fully saturated rings. The van der Waals surface area contributed by atoms with Crippen molar-refractivity contribution in [2.75, 3.05) is 31.1 Å². The van der Waals surface area contributed by atoms with Crippen LogP contribution in [-0.4, -0.2) is 47.5 Å². The lowest BCUT2D eigenvalue weighted by Crippen LogP contribution is -2.46. The van der Waals surface area contributed by atoms with E-state index >= 15 is 0 Å². The van der Waals surface area contributed by atoms with Gasteiger partial charge in [-0.25, -0.2) is 4.98 Å². The highest BCUT2D eigenvalue weighted by Crippen LogP contribution is 2.26. The van der Waals surface area contributed by atoms with Crippen LogP contribution in [0, 0.1) is 6.92 Å². The fraction of sp³-hybridized carbons (Fsp3) is 0.545. The number of fused-ring (bicyclic) bond motifs is 1. The highest BCUT2D eigenvalue weighted by molar-refractivity contribution is 5.87. The molecule has 0 amide bonds. The number of aromatic nitrogens is 3. The molecule has 2 N–H and O–H groups in total. The topological polar surface area (TPSA) is 90.3 Å². The van der Waals surface area contributed by atoms with Gasteiger partial charge < -0.3 is 19.9 Å². The SMILES string of the molecule is Cc1noc2ncnc(N3CCOC(CN)C3)c12. The van der Waals surface area contributed by atoms with Crippen molar-refractivity contribution in [2.45, 2.75) is 13.0 Å². The first kappa shape index (κ1) is 11.4. The fourth-order valence-electron chi connectivity index (χ4n) is 2.20. The van der Waals surface area contributed by atoms with Crippen molar-refractivity contribution in [1.29, 1.82) is 0 Å². The van der Waals surface area contributed by atoms with Crippen molar-refractivity contribution >= 4 is 16.9 Å². The average molecular weight is 249 g/mol. The highest BCUT2D eigenvalue weighted by Gasteiger charge is 2.24. The van der Waals surface area contributed by atoms with E-state index < -0.39 is 0 Å². The summed E-state index contributed by atoms with van der Waals surface area (Å²) in [7, 11) is 0. The van der Waals surface area contributed by atoms with Crippen LogP contribution < -0.4 is 10.6 Å². The van der Waals surface area contributed by atoms with Crippen LogP contribution >= 0.6 is 0 Å². The molecule has 1 atom stereocenters. The van der Waals surface area contributed by atoms with Crippen LogP contribution in [0.5, 0.6) is 0 Å². The largest absolute Gasteiger partial charge is 0.373 e. The second kappa shape index (κ2) is 4.51. The minimum atomic E-state index is 0.0453. The standard InChI is InChI=1S/C11H15N5O2/c1-7-9-10(13-6-14-11(9)18-15-7)16-2-3-17-8(4-12)5-16/h6,8H,2-5,12H2,1H3. The van der Waals surface area contributed by atoms with Gasteiger partial charge in [0.25, 0.3) is 5.71 Å². The summed E-state index contributed by atoms with van der Waals surface area (Å²) in [5.41, 5.74) is 6.97. The molecular formula is C11H15N5O2. The molecule has 0 aromatic carbocycles. The third-order valence-corrected chi connectivity index (χ3v) is 3.12. The van der Waals surface area contributed by atoms with Crippen LogP contribution in [0.3, 0.4) is 0 Å². The van der Waals surface area contributed by atoms with Crippen LogP contribution in [0.1, 0.15) is 5.69 Å². The lowest BCUT2D eigenvalue weighted by molar-refractivity contribution is 0.0464. The quantitative estimate of drug-likeness (QED) is 0.806. The van der Waals surface area contributed by atoms with Gasteiger partial charge in [-0.3, -0.25) is 0 Å². The van der Waals surface area contributed by atoms with E-state index in [1.54, 1.807) is 0 Å². The Morgan fingerprint density at radius 1 is 1.50 bits per heavy atom. The Balaban J connectivity index is 2.00. The van der Waals surface area contributed by atoms with Crippen LogP contribution in [0.4, 0.5) is 5.82 Å². The molecule has 7 heteroatoms. The number of hydrogen-bond donors (Lipinski definition) is 1. The summed E-state index contributed by atoms with van der Waals surface area (Å²) in [4.78, 5) is 10.6.